The topological polar surface area (TPSA) is 54.5 Å². The third-order valence-electron chi connectivity index (χ3n) is 5.33. The molecule has 0 aliphatic heterocycles. The molecule has 4 rings (SSSR count). The standard InChI is InChI=1S/C20H18F3NO3S/c21-20(22,23)28(26,27)16-10-5-14(6-11-16)19(25)24(15-8-9-15)18-12-7-13-3-1-2-4-17(13)18/h1-6,10-11,15,18H,7-9,12H2. The Hall–Kier alpha value is -2.35. The zero-order valence-corrected chi connectivity index (χ0v) is 15.6. The van der Waals surface area contributed by atoms with Crippen molar-refractivity contribution in [2.45, 2.75) is 48.2 Å². The Morgan fingerprint density at radius 3 is 2.21 bits per heavy atom. The number of carbonyl (C=O) groups is 1. The number of aryl methyl sites for hydroxylation is 1. The van der Waals surface area contributed by atoms with Gasteiger partial charge in [0.15, 0.2) is 0 Å². The largest absolute Gasteiger partial charge is 0.501 e. The molecule has 28 heavy (non-hydrogen) atoms. The maximum Gasteiger partial charge on any atom is 0.501 e. The molecule has 0 heterocycles. The van der Waals surface area contributed by atoms with E-state index in [1.165, 1.54) is 5.56 Å². The van der Waals surface area contributed by atoms with Crippen molar-refractivity contribution in [3.63, 3.8) is 0 Å². The number of amides is 1. The van der Waals surface area contributed by atoms with Gasteiger partial charge in [0.25, 0.3) is 15.7 Å². The quantitative estimate of drug-likeness (QED) is 0.758. The Balaban J connectivity index is 1.63. The summed E-state index contributed by atoms with van der Waals surface area (Å²) in [6.07, 6.45) is 3.47. The molecule has 2 aromatic carbocycles. The Bertz CT molecular complexity index is 1010. The van der Waals surface area contributed by atoms with E-state index in [0.717, 1.165) is 55.5 Å². The number of sulfone groups is 1. The van der Waals surface area contributed by atoms with Crippen LogP contribution in [-0.4, -0.2) is 30.8 Å². The lowest BCUT2D eigenvalue weighted by molar-refractivity contribution is -0.0436. The average Bonchev–Trinajstić information content (AvgIpc) is 3.41. The number of fused-ring (bicyclic) bond motifs is 1. The van der Waals surface area contributed by atoms with E-state index in [4.69, 9.17) is 0 Å². The first kappa shape index (κ1) is 19.0. The van der Waals surface area contributed by atoms with Gasteiger partial charge >= 0.3 is 5.51 Å². The second kappa shape index (κ2) is 6.62. The molecule has 1 amide bonds. The first-order valence-electron chi connectivity index (χ1n) is 9.02. The smallest absolute Gasteiger partial charge is 0.329 e. The van der Waals surface area contributed by atoms with Gasteiger partial charge in [-0.15, -0.1) is 0 Å². The number of nitrogens with zero attached hydrogens (tertiary/aromatic N) is 1. The van der Waals surface area contributed by atoms with Crippen LogP contribution in [0.1, 0.15) is 46.8 Å². The summed E-state index contributed by atoms with van der Waals surface area (Å²) in [6.45, 7) is 0. The Kier molecular flexibility index (Phi) is 4.49. The van der Waals surface area contributed by atoms with Crippen molar-refractivity contribution in [2.75, 3.05) is 0 Å². The number of carbonyl (C=O) groups excluding carboxylic acids is 1. The summed E-state index contributed by atoms with van der Waals surface area (Å²) in [5.74, 6) is -0.278. The van der Waals surface area contributed by atoms with Crippen LogP contribution < -0.4 is 0 Å². The number of rotatable bonds is 4. The van der Waals surface area contributed by atoms with E-state index in [9.17, 15) is 26.4 Å². The highest BCUT2D eigenvalue weighted by molar-refractivity contribution is 7.92. The van der Waals surface area contributed by atoms with Crippen LogP contribution in [0, 0.1) is 0 Å². The third-order valence-corrected chi connectivity index (χ3v) is 6.83. The molecular formula is C20H18F3NO3S. The molecule has 0 spiro atoms. The van der Waals surface area contributed by atoms with E-state index < -0.39 is 20.2 Å². The minimum Gasteiger partial charge on any atom is -0.329 e. The van der Waals surface area contributed by atoms with Gasteiger partial charge in [-0.25, -0.2) is 8.42 Å². The second-order valence-corrected chi connectivity index (χ2v) is 9.11. The molecule has 148 valence electrons. The highest BCUT2D eigenvalue weighted by Crippen LogP contribution is 2.42. The number of halogens is 3. The molecule has 0 N–H and O–H groups in total. The van der Waals surface area contributed by atoms with E-state index in [1.807, 2.05) is 29.2 Å². The lowest BCUT2D eigenvalue weighted by atomic mass is 10.1. The van der Waals surface area contributed by atoms with Crippen LogP contribution in [0.15, 0.2) is 53.4 Å². The highest BCUT2D eigenvalue weighted by atomic mass is 32.2. The zero-order valence-electron chi connectivity index (χ0n) is 14.8. The summed E-state index contributed by atoms with van der Waals surface area (Å²) in [6, 6.07) is 12.0. The van der Waals surface area contributed by atoms with Gasteiger partial charge in [0.2, 0.25) is 0 Å². The second-order valence-electron chi connectivity index (χ2n) is 7.17. The SMILES string of the molecule is O=C(c1ccc(S(=O)(=O)C(F)(F)F)cc1)N(C1CC1)C1CCc2ccccc21. The molecule has 8 heteroatoms. The van der Waals surface area contributed by atoms with Crippen LogP contribution in [0.25, 0.3) is 0 Å². The zero-order chi connectivity index (χ0) is 20.1. The molecule has 0 bridgehead atoms. The van der Waals surface area contributed by atoms with Crippen molar-refractivity contribution in [1.29, 1.82) is 0 Å². The van der Waals surface area contributed by atoms with Crippen LogP contribution in [0.3, 0.4) is 0 Å². The Morgan fingerprint density at radius 1 is 0.964 bits per heavy atom. The molecule has 0 aromatic heterocycles. The molecule has 4 nitrogen and oxygen atoms in total. The van der Waals surface area contributed by atoms with Crippen LogP contribution in [0.2, 0.25) is 0 Å². The van der Waals surface area contributed by atoms with Crippen molar-refractivity contribution in [1.82, 2.24) is 4.90 Å². The fourth-order valence-corrected chi connectivity index (χ4v) is 4.56. The molecule has 1 fully saturated rings. The Morgan fingerprint density at radius 2 is 1.61 bits per heavy atom. The van der Waals surface area contributed by atoms with Gasteiger partial charge in [0, 0.05) is 11.6 Å². The van der Waals surface area contributed by atoms with Gasteiger partial charge < -0.3 is 4.90 Å². The molecule has 1 unspecified atom stereocenters. The van der Waals surface area contributed by atoms with Gasteiger partial charge in [-0.3, -0.25) is 4.79 Å². The lowest BCUT2D eigenvalue weighted by Crippen LogP contribution is -2.36. The van der Waals surface area contributed by atoms with E-state index in [2.05, 4.69) is 0 Å². The first-order chi connectivity index (χ1) is 13.2. The summed E-state index contributed by atoms with van der Waals surface area (Å²) in [7, 11) is -5.42. The highest BCUT2D eigenvalue weighted by Gasteiger charge is 2.47. The minimum atomic E-state index is -5.42. The molecule has 0 radical (unpaired) electrons. The molecule has 1 saturated carbocycles. The van der Waals surface area contributed by atoms with Crippen LogP contribution in [0.4, 0.5) is 13.2 Å². The fourth-order valence-electron chi connectivity index (χ4n) is 3.80. The molecule has 2 aliphatic rings. The van der Waals surface area contributed by atoms with Gasteiger partial charge in [-0.05, 0) is 61.1 Å². The molecule has 1 atom stereocenters. The van der Waals surface area contributed by atoms with E-state index in [0.29, 0.717) is 0 Å². The lowest BCUT2D eigenvalue weighted by Gasteiger charge is -2.30. The number of alkyl halides is 3. The van der Waals surface area contributed by atoms with Gasteiger partial charge in [0.1, 0.15) is 0 Å². The first-order valence-corrected chi connectivity index (χ1v) is 10.5. The van der Waals surface area contributed by atoms with Gasteiger partial charge in [-0.2, -0.15) is 13.2 Å². The maximum absolute atomic E-state index is 13.1. The summed E-state index contributed by atoms with van der Waals surface area (Å²) in [4.78, 5) is 14.1. The molecule has 2 aromatic rings. The summed E-state index contributed by atoms with van der Waals surface area (Å²) in [5.41, 5.74) is -2.86. The number of hydrogen-bond acceptors (Lipinski definition) is 3. The normalized spacial score (nSPS) is 19.3. The van der Waals surface area contributed by atoms with Crippen LogP contribution in [-0.2, 0) is 16.3 Å². The van der Waals surface area contributed by atoms with Gasteiger partial charge in [-0.1, -0.05) is 24.3 Å². The number of hydrogen-bond donors (Lipinski definition) is 0. The summed E-state index contributed by atoms with van der Waals surface area (Å²) < 4.78 is 61.1. The predicted molar refractivity (Wildman–Crippen MR) is 96.4 cm³/mol. The third kappa shape index (κ3) is 3.19. The van der Waals surface area contributed by atoms with E-state index in [1.54, 1.807) is 0 Å². The molecular weight excluding hydrogens is 391 g/mol. The molecule has 0 saturated heterocycles. The van der Waals surface area contributed by atoms with Crippen molar-refractivity contribution >= 4 is 15.7 Å². The van der Waals surface area contributed by atoms with Crippen LogP contribution in [0.5, 0.6) is 0 Å². The van der Waals surface area contributed by atoms with Crippen molar-refractivity contribution in [3.8, 4) is 0 Å². The van der Waals surface area contributed by atoms with Crippen molar-refractivity contribution < 1.29 is 26.4 Å². The van der Waals surface area contributed by atoms with E-state index in [-0.39, 0.29) is 23.6 Å². The summed E-state index contributed by atoms with van der Waals surface area (Å²) >= 11 is 0. The van der Waals surface area contributed by atoms with Crippen molar-refractivity contribution in [2.24, 2.45) is 0 Å². The molecule has 2 aliphatic carbocycles. The fraction of sp³-hybridized carbons (Fsp3) is 0.350. The predicted octanol–water partition coefficient (Wildman–Crippen LogP) is 4.27. The Labute approximate surface area is 160 Å². The monoisotopic (exact) mass is 409 g/mol. The summed E-state index contributed by atoms with van der Waals surface area (Å²) in [5, 5.41) is 0. The minimum absolute atomic E-state index is 0.0604. The van der Waals surface area contributed by atoms with Crippen LogP contribution >= 0.6 is 0 Å². The number of benzene rings is 2. The average molecular weight is 409 g/mol. The van der Waals surface area contributed by atoms with Gasteiger partial charge in [0.05, 0.1) is 10.9 Å². The van der Waals surface area contributed by atoms with Crippen molar-refractivity contribution in [3.05, 3.63) is 65.2 Å². The van der Waals surface area contributed by atoms with E-state index >= 15 is 0 Å². The maximum atomic E-state index is 13.1.